The molecule has 0 aliphatic rings. The van der Waals surface area contributed by atoms with Gasteiger partial charge in [0.25, 0.3) is 5.91 Å². The van der Waals surface area contributed by atoms with Crippen LogP contribution in [0.1, 0.15) is 15.9 Å². The summed E-state index contributed by atoms with van der Waals surface area (Å²) in [6.07, 6.45) is 3.79. The van der Waals surface area contributed by atoms with E-state index in [1.165, 1.54) is 0 Å². The van der Waals surface area contributed by atoms with Crippen LogP contribution in [0.4, 0.5) is 5.69 Å². The molecule has 1 amide bonds. The minimum absolute atomic E-state index is 0.120. The molecule has 146 valence electrons. The summed E-state index contributed by atoms with van der Waals surface area (Å²) in [5.41, 5.74) is 3.69. The molecule has 0 unspecified atom stereocenters. The maximum atomic E-state index is 12.9. The zero-order chi connectivity index (χ0) is 20.8. The molecule has 1 aromatic heterocycles. The van der Waals surface area contributed by atoms with Gasteiger partial charge in [-0.3, -0.25) is 9.59 Å². The second-order valence-corrected chi connectivity index (χ2v) is 6.92. The number of nitrogens with zero attached hydrogens (tertiary/aromatic N) is 1. The second kappa shape index (κ2) is 8.97. The number of hydrogen-bond acceptors (Lipinski definition) is 2. The molecule has 3 aromatic carbocycles. The quantitative estimate of drug-likeness (QED) is 0.387. The van der Waals surface area contributed by atoms with Crippen LogP contribution in [0.2, 0.25) is 0 Å². The molecule has 0 aliphatic carbocycles. The van der Waals surface area contributed by atoms with E-state index in [0.29, 0.717) is 16.8 Å². The van der Waals surface area contributed by atoms with Crippen molar-refractivity contribution in [3.8, 4) is 11.1 Å². The van der Waals surface area contributed by atoms with Crippen molar-refractivity contribution in [2.75, 3.05) is 5.32 Å². The summed E-state index contributed by atoms with van der Waals surface area (Å²) >= 11 is 0. The third kappa shape index (κ3) is 4.50. The van der Waals surface area contributed by atoms with Crippen LogP contribution in [0.5, 0.6) is 0 Å². The van der Waals surface area contributed by atoms with E-state index < -0.39 is 0 Å². The van der Waals surface area contributed by atoms with Crippen LogP contribution in [0.15, 0.2) is 109 Å². The van der Waals surface area contributed by atoms with Crippen molar-refractivity contribution in [1.29, 1.82) is 0 Å². The van der Waals surface area contributed by atoms with Crippen molar-refractivity contribution in [2.45, 2.75) is 6.54 Å². The summed E-state index contributed by atoms with van der Waals surface area (Å²) in [5, 5.41) is 2.89. The average Bonchev–Trinajstić information content (AvgIpc) is 2.80. The molecular weight excluding hydrogens is 372 g/mol. The number of carbonyl (C=O) groups is 2. The molecule has 4 aromatic rings. The summed E-state index contributed by atoms with van der Waals surface area (Å²) in [7, 11) is 0. The maximum Gasteiger partial charge on any atom is 0.290 e. The Balaban J connectivity index is 1.51. The Bertz CT molecular complexity index is 1170. The van der Waals surface area contributed by atoms with Crippen LogP contribution in [0.25, 0.3) is 11.1 Å². The van der Waals surface area contributed by atoms with Gasteiger partial charge >= 0.3 is 0 Å². The van der Waals surface area contributed by atoms with Crippen molar-refractivity contribution in [2.24, 2.45) is 0 Å². The van der Waals surface area contributed by atoms with Crippen molar-refractivity contribution in [1.82, 2.24) is 0 Å². The highest BCUT2D eigenvalue weighted by atomic mass is 16.2. The lowest BCUT2D eigenvalue weighted by Gasteiger charge is -2.09. The number of nitrogens with one attached hydrogen (secondary N) is 1. The van der Waals surface area contributed by atoms with Crippen molar-refractivity contribution >= 4 is 17.4 Å². The lowest BCUT2D eigenvalue weighted by molar-refractivity contribution is -0.683. The molecule has 4 nitrogen and oxygen atoms in total. The summed E-state index contributed by atoms with van der Waals surface area (Å²) in [4.78, 5) is 25.5. The molecule has 0 atom stereocenters. The molecule has 0 fully saturated rings. The number of anilines is 1. The molecular formula is C26H21N2O2+. The zero-order valence-electron chi connectivity index (χ0n) is 16.4. The fraction of sp³-hybridized carbons (Fsp3) is 0.0385. The standard InChI is InChI=1S/C26H20N2O2/c29-25(19-28-17-9-14-22(18-28)20-10-3-1-4-11-20)27-24-16-8-7-15-23(24)26(30)21-12-5-2-6-13-21/h1-18H,19H2/p+1. The van der Waals surface area contributed by atoms with E-state index in [-0.39, 0.29) is 18.2 Å². The molecule has 30 heavy (non-hydrogen) atoms. The smallest absolute Gasteiger partial charge is 0.290 e. The van der Waals surface area contributed by atoms with E-state index in [4.69, 9.17) is 0 Å². The van der Waals surface area contributed by atoms with Gasteiger partial charge in [-0.1, -0.05) is 72.8 Å². The Labute approximate surface area is 175 Å². The second-order valence-electron chi connectivity index (χ2n) is 6.92. The number of pyridine rings is 1. The summed E-state index contributed by atoms with van der Waals surface area (Å²) < 4.78 is 1.83. The summed E-state index contributed by atoms with van der Waals surface area (Å²) in [5.74, 6) is -0.316. The third-order valence-corrected chi connectivity index (χ3v) is 4.77. The Morgan fingerprint density at radius 3 is 2.10 bits per heavy atom. The Kier molecular flexibility index (Phi) is 5.76. The molecule has 4 heteroatoms. The number of para-hydroxylation sites is 1. The van der Waals surface area contributed by atoms with Gasteiger partial charge in [0.15, 0.2) is 18.2 Å². The first-order valence-electron chi connectivity index (χ1n) is 9.74. The number of ketones is 1. The number of benzene rings is 3. The maximum absolute atomic E-state index is 12.9. The predicted octanol–water partition coefficient (Wildman–Crippen LogP) is 4.51. The van der Waals surface area contributed by atoms with E-state index in [9.17, 15) is 9.59 Å². The van der Waals surface area contributed by atoms with Gasteiger partial charge in [0.05, 0.1) is 5.69 Å². The van der Waals surface area contributed by atoms with Crippen molar-refractivity contribution < 1.29 is 14.2 Å². The Hall–Kier alpha value is -4.05. The van der Waals surface area contributed by atoms with E-state index in [0.717, 1.165) is 11.1 Å². The van der Waals surface area contributed by atoms with Gasteiger partial charge in [-0.15, -0.1) is 0 Å². The first kappa shape index (κ1) is 19.3. The third-order valence-electron chi connectivity index (χ3n) is 4.77. The first-order chi connectivity index (χ1) is 14.7. The molecule has 0 saturated heterocycles. The van der Waals surface area contributed by atoms with Crippen LogP contribution >= 0.6 is 0 Å². The van der Waals surface area contributed by atoms with Crippen LogP contribution in [0.3, 0.4) is 0 Å². The van der Waals surface area contributed by atoms with E-state index in [1.807, 2.05) is 77.6 Å². The highest BCUT2D eigenvalue weighted by Crippen LogP contribution is 2.19. The number of hydrogen-bond donors (Lipinski definition) is 1. The average molecular weight is 393 g/mol. The van der Waals surface area contributed by atoms with Crippen LogP contribution in [0, 0.1) is 0 Å². The minimum Gasteiger partial charge on any atom is -0.320 e. The lowest BCUT2D eigenvalue weighted by atomic mass is 10.0. The summed E-state index contributed by atoms with van der Waals surface area (Å²) in [6.45, 7) is 0.147. The van der Waals surface area contributed by atoms with E-state index in [2.05, 4.69) is 5.32 Å². The fourth-order valence-electron chi connectivity index (χ4n) is 3.31. The van der Waals surface area contributed by atoms with Gasteiger partial charge in [-0.2, -0.15) is 4.57 Å². The van der Waals surface area contributed by atoms with Gasteiger partial charge in [0, 0.05) is 22.8 Å². The van der Waals surface area contributed by atoms with Gasteiger partial charge < -0.3 is 5.32 Å². The highest BCUT2D eigenvalue weighted by Gasteiger charge is 2.17. The first-order valence-corrected chi connectivity index (χ1v) is 9.74. The lowest BCUT2D eigenvalue weighted by Crippen LogP contribution is -2.39. The van der Waals surface area contributed by atoms with E-state index in [1.54, 1.807) is 36.4 Å². The van der Waals surface area contributed by atoms with Crippen LogP contribution < -0.4 is 9.88 Å². The molecule has 1 heterocycles. The van der Waals surface area contributed by atoms with Gasteiger partial charge in [0.1, 0.15) is 0 Å². The largest absolute Gasteiger partial charge is 0.320 e. The minimum atomic E-state index is -0.196. The number of rotatable bonds is 6. The molecule has 4 rings (SSSR count). The molecule has 0 bridgehead atoms. The monoisotopic (exact) mass is 393 g/mol. The molecule has 0 aliphatic heterocycles. The number of carbonyl (C=O) groups excluding carboxylic acids is 2. The van der Waals surface area contributed by atoms with Gasteiger partial charge in [0.2, 0.25) is 6.54 Å². The Morgan fingerprint density at radius 2 is 1.33 bits per heavy atom. The van der Waals surface area contributed by atoms with Crippen LogP contribution in [-0.2, 0) is 11.3 Å². The number of aromatic nitrogens is 1. The molecule has 0 saturated carbocycles. The van der Waals surface area contributed by atoms with Crippen molar-refractivity contribution in [3.05, 3.63) is 121 Å². The Morgan fingerprint density at radius 1 is 0.700 bits per heavy atom. The number of amides is 1. The zero-order valence-corrected chi connectivity index (χ0v) is 16.4. The highest BCUT2D eigenvalue weighted by molar-refractivity contribution is 6.13. The van der Waals surface area contributed by atoms with E-state index >= 15 is 0 Å². The van der Waals surface area contributed by atoms with Crippen molar-refractivity contribution in [3.63, 3.8) is 0 Å². The van der Waals surface area contributed by atoms with Gasteiger partial charge in [-0.05, 0) is 23.8 Å². The predicted molar refractivity (Wildman–Crippen MR) is 117 cm³/mol. The molecule has 0 radical (unpaired) electrons. The summed E-state index contributed by atoms with van der Waals surface area (Å²) in [6, 6.07) is 30.1. The normalized spacial score (nSPS) is 10.4. The van der Waals surface area contributed by atoms with Crippen LogP contribution in [-0.4, -0.2) is 11.7 Å². The fourth-order valence-corrected chi connectivity index (χ4v) is 3.31. The molecule has 1 N–H and O–H groups in total. The van der Waals surface area contributed by atoms with Gasteiger partial charge in [-0.25, -0.2) is 0 Å². The SMILES string of the molecule is O=C(C[n+]1cccc(-c2ccccc2)c1)Nc1ccccc1C(=O)c1ccccc1. The topological polar surface area (TPSA) is 50.0 Å². The molecule has 0 spiro atoms.